The number of anilines is 1. The molecule has 0 aliphatic rings. The van der Waals surface area contributed by atoms with Gasteiger partial charge in [0, 0.05) is 9.37 Å². The molecule has 96 valence electrons. The van der Waals surface area contributed by atoms with E-state index in [-0.39, 0.29) is 27.8 Å². The summed E-state index contributed by atoms with van der Waals surface area (Å²) in [6.45, 7) is 5.81. The summed E-state index contributed by atoms with van der Waals surface area (Å²) < 4.78 is 37.6. The molecule has 0 saturated heterocycles. The number of nitrogen functional groups attached to an aromatic ring is 1. The first-order valence-electron chi connectivity index (χ1n) is 4.86. The zero-order valence-electron chi connectivity index (χ0n) is 9.65. The highest BCUT2D eigenvalue weighted by Crippen LogP contribution is 2.43. The molecule has 0 fully saturated rings. The van der Waals surface area contributed by atoms with Crippen LogP contribution < -0.4 is 5.73 Å². The topological polar surface area (TPSA) is 26.0 Å². The minimum atomic E-state index is -4.33. The summed E-state index contributed by atoms with van der Waals surface area (Å²) in [7, 11) is 0. The van der Waals surface area contributed by atoms with Gasteiger partial charge in [-0.15, -0.1) is 0 Å². The molecule has 2 N–H and O–H groups in total. The van der Waals surface area contributed by atoms with Gasteiger partial charge in [-0.1, -0.05) is 20.8 Å². The largest absolute Gasteiger partial charge is 0.446 e. The van der Waals surface area contributed by atoms with Crippen molar-refractivity contribution >= 4 is 33.4 Å². The molecule has 0 spiro atoms. The molecule has 17 heavy (non-hydrogen) atoms. The van der Waals surface area contributed by atoms with Crippen LogP contribution in [-0.2, 0) is 5.41 Å². The van der Waals surface area contributed by atoms with E-state index in [9.17, 15) is 13.2 Å². The third-order valence-electron chi connectivity index (χ3n) is 2.18. The van der Waals surface area contributed by atoms with Gasteiger partial charge in [-0.2, -0.15) is 13.2 Å². The summed E-state index contributed by atoms with van der Waals surface area (Å²) in [6.07, 6.45) is 0. The predicted octanol–water partition coefficient (Wildman–Crippen LogP) is 4.94. The average Bonchev–Trinajstić information content (AvgIpc) is 2.08. The molecule has 0 saturated carbocycles. The summed E-state index contributed by atoms with van der Waals surface area (Å²) >= 11 is 3.01. The van der Waals surface area contributed by atoms with Gasteiger partial charge in [-0.25, -0.2) is 0 Å². The zero-order valence-corrected chi connectivity index (χ0v) is 12.1. The summed E-state index contributed by atoms with van der Waals surface area (Å²) in [4.78, 5) is 0.0387. The summed E-state index contributed by atoms with van der Waals surface area (Å²) in [5.41, 5.74) is 2.02. The van der Waals surface area contributed by atoms with Crippen molar-refractivity contribution in [3.63, 3.8) is 0 Å². The third kappa shape index (κ3) is 4.10. The van der Waals surface area contributed by atoms with Gasteiger partial charge in [0.05, 0.1) is 5.69 Å². The molecule has 1 aromatic rings. The number of alkyl halides is 3. The second-order valence-corrected chi connectivity index (χ2v) is 6.63. The van der Waals surface area contributed by atoms with Crippen LogP contribution in [0.1, 0.15) is 26.3 Å². The van der Waals surface area contributed by atoms with E-state index < -0.39 is 5.51 Å². The van der Waals surface area contributed by atoms with Crippen LogP contribution in [0.3, 0.4) is 0 Å². The maximum atomic E-state index is 12.4. The molecule has 0 heterocycles. The lowest BCUT2D eigenvalue weighted by Gasteiger charge is -2.21. The van der Waals surface area contributed by atoms with Gasteiger partial charge in [0.15, 0.2) is 0 Å². The second-order valence-electron chi connectivity index (χ2n) is 4.67. The quantitative estimate of drug-likeness (QED) is 0.584. The Morgan fingerprint density at radius 1 is 1.18 bits per heavy atom. The number of benzene rings is 1. The van der Waals surface area contributed by atoms with Crippen LogP contribution in [0.4, 0.5) is 18.9 Å². The Morgan fingerprint density at radius 2 is 1.71 bits per heavy atom. The molecular formula is C11H13BrF3NS. The summed E-state index contributed by atoms with van der Waals surface area (Å²) in [6, 6.07) is 3.26. The fourth-order valence-electron chi connectivity index (χ4n) is 1.23. The Kier molecular flexibility index (Phi) is 4.08. The molecule has 0 aromatic heterocycles. The molecule has 1 nitrogen and oxygen atoms in total. The highest BCUT2D eigenvalue weighted by Gasteiger charge is 2.31. The first kappa shape index (κ1) is 14.7. The van der Waals surface area contributed by atoms with Gasteiger partial charge in [-0.3, -0.25) is 0 Å². The number of hydrogen-bond donors (Lipinski definition) is 1. The van der Waals surface area contributed by atoms with E-state index in [1.54, 1.807) is 6.07 Å². The Hall–Kier alpha value is -0.360. The number of halogens is 4. The molecular weight excluding hydrogens is 315 g/mol. The third-order valence-corrected chi connectivity index (χ3v) is 3.63. The van der Waals surface area contributed by atoms with E-state index >= 15 is 0 Å². The Bertz CT molecular complexity index is 424. The van der Waals surface area contributed by atoms with Gasteiger partial charge in [0.25, 0.3) is 0 Å². The van der Waals surface area contributed by atoms with Crippen LogP contribution in [0.5, 0.6) is 0 Å². The van der Waals surface area contributed by atoms with Crippen molar-refractivity contribution in [3.05, 3.63) is 22.2 Å². The van der Waals surface area contributed by atoms with Crippen molar-refractivity contribution in [1.82, 2.24) is 0 Å². The minimum absolute atomic E-state index is 0.0387. The first-order chi connectivity index (χ1) is 7.50. The van der Waals surface area contributed by atoms with E-state index in [4.69, 9.17) is 5.73 Å². The summed E-state index contributed by atoms with van der Waals surface area (Å²) in [5, 5.41) is 0. The Morgan fingerprint density at radius 3 is 2.12 bits per heavy atom. The van der Waals surface area contributed by atoms with Crippen LogP contribution in [0, 0.1) is 0 Å². The van der Waals surface area contributed by atoms with Crippen LogP contribution in [0.25, 0.3) is 0 Å². The highest BCUT2D eigenvalue weighted by atomic mass is 79.9. The number of thioether (sulfide) groups is 1. The lowest BCUT2D eigenvalue weighted by atomic mass is 9.87. The van der Waals surface area contributed by atoms with E-state index in [2.05, 4.69) is 15.9 Å². The van der Waals surface area contributed by atoms with Crippen LogP contribution in [-0.4, -0.2) is 5.51 Å². The zero-order chi connectivity index (χ0) is 13.4. The molecule has 6 heteroatoms. The van der Waals surface area contributed by atoms with Crippen LogP contribution in [0.15, 0.2) is 21.5 Å². The fraction of sp³-hybridized carbons (Fsp3) is 0.455. The van der Waals surface area contributed by atoms with Crippen molar-refractivity contribution in [2.24, 2.45) is 0 Å². The van der Waals surface area contributed by atoms with Crippen molar-refractivity contribution in [1.29, 1.82) is 0 Å². The van der Waals surface area contributed by atoms with Crippen molar-refractivity contribution < 1.29 is 13.2 Å². The average molecular weight is 328 g/mol. The first-order valence-corrected chi connectivity index (χ1v) is 6.47. The molecule has 0 unspecified atom stereocenters. The van der Waals surface area contributed by atoms with E-state index in [1.165, 1.54) is 6.07 Å². The molecule has 0 amide bonds. The van der Waals surface area contributed by atoms with Gasteiger partial charge >= 0.3 is 5.51 Å². The minimum Gasteiger partial charge on any atom is -0.397 e. The van der Waals surface area contributed by atoms with Gasteiger partial charge in [0.1, 0.15) is 0 Å². The molecule has 0 radical (unpaired) electrons. The molecule has 1 aromatic carbocycles. The SMILES string of the molecule is CC(C)(C)c1cc(Br)c(N)c(SC(F)(F)F)c1. The standard InChI is InChI=1S/C11H13BrF3NS/c1-10(2,3)6-4-7(12)9(16)8(5-6)17-11(13,14)15/h4-5H,16H2,1-3H3. The van der Waals surface area contributed by atoms with Crippen LogP contribution >= 0.6 is 27.7 Å². The Labute approximate surface area is 111 Å². The van der Waals surface area contributed by atoms with Crippen LogP contribution in [0.2, 0.25) is 0 Å². The second kappa shape index (κ2) is 4.72. The maximum absolute atomic E-state index is 12.4. The number of hydrogen-bond acceptors (Lipinski definition) is 2. The number of nitrogens with two attached hydrogens (primary N) is 1. The molecule has 1 rings (SSSR count). The molecule has 0 aliphatic heterocycles. The van der Waals surface area contributed by atoms with E-state index in [1.807, 2.05) is 20.8 Å². The van der Waals surface area contributed by atoms with Gasteiger partial charge in [-0.05, 0) is 50.8 Å². The fourth-order valence-corrected chi connectivity index (χ4v) is 2.48. The van der Waals surface area contributed by atoms with Gasteiger partial charge in [0.2, 0.25) is 0 Å². The molecule has 0 aliphatic carbocycles. The van der Waals surface area contributed by atoms with E-state index in [0.29, 0.717) is 4.47 Å². The van der Waals surface area contributed by atoms with Gasteiger partial charge < -0.3 is 5.73 Å². The predicted molar refractivity (Wildman–Crippen MR) is 69.2 cm³/mol. The maximum Gasteiger partial charge on any atom is 0.446 e. The Balaban J connectivity index is 3.26. The lowest BCUT2D eigenvalue weighted by Crippen LogP contribution is -2.12. The van der Waals surface area contributed by atoms with Crippen molar-refractivity contribution in [3.8, 4) is 0 Å². The van der Waals surface area contributed by atoms with Crippen molar-refractivity contribution in [2.75, 3.05) is 5.73 Å². The summed E-state index contributed by atoms with van der Waals surface area (Å²) in [5.74, 6) is 0. The lowest BCUT2D eigenvalue weighted by molar-refractivity contribution is -0.0328. The normalized spacial score (nSPS) is 12.9. The molecule has 0 bridgehead atoms. The van der Waals surface area contributed by atoms with E-state index in [0.717, 1.165) is 5.56 Å². The molecule has 0 atom stereocenters. The monoisotopic (exact) mass is 327 g/mol. The van der Waals surface area contributed by atoms with Crippen molar-refractivity contribution in [2.45, 2.75) is 36.6 Å². The highest BCUT2D eigenvalue weighted by molar-refractivity contribution is 9.10. The smallest absolute Gasteiger partial charge is 0.397 e. The number of rotatable bonds is 1.